The van der Waals surface area contributed by atoms with E-state index in [1.807, 2.05) is 6.92 Å². The van der Waals surface area contributed by atoms with Gasteiger partial charge in [-0.1, -0.05) is 12.8 Å². The molecule has 0 atom stereocenters. The highest BCUT2D eigenvalue weighted by atomic mass is 32.1. The van der Waals surface area contributed by atoms with Crippen LogP contribution in [0.5, 0.6) is 17.2 Å². The molecule has 0 radical (unpaired) electrons. The Bertz CT molecular complexity index is 1040. The molecular formula is C19H22N6O4S. The van der Waals surface area contributed by atoms with Crippen LogP contribution >= 0.6 is 12.8 Å². The molecule has 0 spiro atoms. The van der Waals surface area contributed by atoms with Crippen molar-refractivity contribution >= 4 is 47.2 Å². The van der Waals surface area contributed by atoms with Crippen LogP contribution in [-0.4, -0.2) is 53.2 Å². The van der Waals surface area contributed by atoms with Crippen LogP contribution in [-0.2, 0) is 0 Å². The first-order chi connectivity index (χ1) is 14.5. The van der Waals surface area contributed by atoms with Crippen LogP contribution in [0.2, 0.25) is 0 Å². The van der Waals surface area contributed by atoms with E-state index in [1.54, 1.807) is 45.7 Å². The van der Waals surface area contributed by atoms with Crippen molar-refractivity contribution in [2.45, 2.75) is 6.92 Å². The minimum Gasteiger partial charge on any atom is -0.493 e. The summed E-state index contributed by atoms with van der Waals surface area (Å²) in [5.41, 5.74) is 2.11. The second-order valence-corrected chi connectivity index (χ2v) is 6.49. The van der Waals surface area contributed by atoms with Crippen LogP contribution in [0.25, 0.3) is 11.2 Å². The number of ether oxygens (including phenoxy) is 3. The fourth-order valence-corrected chi connectivity index (χ4v) is 2.72. The number of thiol groups is 1. The summed E-state index contributed by atoms with van der Waals surface area (Å²) in [5, 5.41) is 5.87. The van der Waals surface area contributed by atoms with Gasteiger partial charge in [0.25, 0.3) is 0 Å². The van der Waals surface area contributed by atoms with E-state index in [2.05, 4.69) is 38.4 Å². The number of hydrogen-bond acceptors (Lipinski definition) is 9. The highest BCUT2D eigenvalue weighted by Crippen LogP contribution is 2.40. The largest absolute Gasteiger partial charge is 0.493 e. The number of anilines is 3. The van der Waals surface area contributed by atoms with Gasteiger partial charge in [0.2, 0.25) is 5.75 Å². The lowest BCUT2D eigenvalue weighted by atomic mass is 10.2. The fraction of sp³-hybridized carbons (Fsp3) is 0.263. The summed E-state index contributed by atoms with van der Waals surface area (Å²) in [6.07, 6.45) is 3.07. The molecule has 0 fully saturated rings. The summed E-state index contributed by atoms with van der Waals surface area (Å²) < 4.78 is 17.3. The predicted molar refractivity (Wildman–Crippen MR) is 117 cm³/mol. The summed E-state index contributed by atoms with van der Waals surface area (Å²) >= 11 is 4.08. The van der Waals surface area contributed by atoms with Gasteiger partial charge in [0, 0.05) is 24.4 Å². The standard InChI is InChI=1S/C19H22N6O4S/c1-5-25(30)19(26)23-12-6-13-18(20-9-12)21-10-16(24-13)22-11-7-14(27-2)17(29-4)15(8-11)28-3/h6-10,30H,5H2,1-4H3,(H,22,24)(H,23,26). The van der Waals surface area contributed by atoms with Crippen LogP contribution in [0.4, 0.5) is 22.0 Å². The number of fused-ring (bicyclic) bond motifs is 1. The van der Waals surface area contributed by atoms with Crippen molar-refractivity contribution < 1.29 is 19.0 Å². The van der Waals surface area contributed by atoms with E-state index in [4.69, 9.17) is 14.2 Å². The number of carbonyl (C=O) groups is 1. The number of methoxy groups -OCH3 is 3. The molecule has 2 heterocycles. The van der Waals surface area contributed by atoms with Crippen molar-refractivity contribution in [1.82, 2.24) is 19.3 Å². The Morgan fingerprint density at radius 2 is 1.70 bits per heavy atom. The number of carbonyl (C=O) groups excluding carboxylic acids is 1. The van der Waals surface area contributed by atoms with Crippen molar-refractivity contribution in [2.24, 2.45) is 0 Å². The Hall–Kier alpha value is -3.47. The topological polar surface area (TPSA) is 111 Å². The molecule has 0 aliphatic rings. The van der Waals surface area contributed by atoms with Crippen molar-refractivity contribution in [3.8, 4) is 17.2 Å². The molecule has 0 saturated carbocycles. The van der Waals surface area contributed by atoms with E-state index in [9.17, 15) is 4.79 Å². The summed E-state index contributed by atoms with van der Waals surface area (Å²) in [6, 6.07) is 4.84. The Morgan fingerprint density at radius 1 is 1.03 bits per heavy atom. The highest BCUT2D eigenvalue weighted by Gasteiger charge is 2.14. The quantitative estimate of drug-likeness (QED) is 0.489. The van der Waals surface area contributed by atoms with E-state index in [-0.39, 0.29) is 6.03 Å². The fourth-order valence-electron chi connectivity index (χ4n) is 2.67. The second-order valence-electron chi connectivity index (χ2n) is 6.01. The van der Waals surface area contributed by atoms with Gasteiger partial charge in [0.15, 0.2) is 17.1 Å². The van der Waals surface area contributed by atoms with Gasteiger partial charge in [0.1, 0.15) is 11.3 Å². The number of hydrogen-bond donors (Lipinski definition) is 3. The summed E-state index contributed by atoms with van der Waals surface area (Å²) in [6.45, 7) is 2.27. The lowest BCUT2D eigenvalue weighted by Crippen LogP contribution is -2.26. The van der Waals surface area contributed by atoms with Crippen LogP contribution in [0.1, 0.15) is 6.92 Å². The van der Waals surface area contributed by atoms with Gasteiger partial charge in [-0.2, -0.15) is 0 Å². The number of nitrogens with one attached hydrogen (secondary N) is 2. The normalized spacial score (nSPS) is 10.4. The van der Waals surface area contributed by atoms with Crippen LogP contribution < -0.4 is 24.8 Å². The van der Waals surface area contributed by atoms with Crippen LogP contribution in [0.3, 0.4) is 0 Å². The number of aromatic nitrogens is 3. The number of rotatable bonds is 7. The van der Waals surface area contributed by atoms with Crippen molar-refractivity contribution in [3.63, 3.8) is 0 Å². The van der Waals surface area contributed by atoms with Crippen molar-refractivity contribution in [1.29, 1.82) is 0 Å². The molecule has 3 rings (SSSR count). The second kappa shape index (κ2) is 9.35. The van der Waals surface area contributed by atoms with E-state index >= 15 is 0 Å². The van der Waals surface area contributed by atoms with Gasteiger partial charge in [-0.3, -0.25) is 4.31 Å². The molecular weight excluding hydrogens is 408 g/mol. The highest BCUT2D eigenvalue weighted by molar-refractivity contribution is 7.78. The maximum Gasteiger partial charge on any atom is 0.331 e. The average molecular weight is 430 g/mol. The van der Waals surface area contributed by atoms with Gasteiger partial charge in [-0.05, 0) is 13.0 Å². The number of amides is 2. The van der Waals surface area contributed by atoms with Crippen molar-refractivity contribution in [3.05, 3.63) is 30.6 Å². The summed E-state index contributed by atoms with van der Waals surface area (Å²) in [5.74, 6) is 1.98. The zero-order chi connectivity index (χ0) is 21.7. The minimum absolute atomic E-state index is 0.360. The predicted octanol–water partition coefficient (Wildman–Crippen LogP) is 3.49. The first-order valence-electron chi connectivity index (χ1n) is 8.96. The maximum absolute atomic E-state index is 12.0. The molecule has 30 heavy (non-hydrogen) atoms. The molecule has 2 N–H and O–H groups in total. The molecule has 0 unspecified atom stereocenters. The van der Waals surface area contributed by atoms with Gasteiger partial charge >= 0.3 is 6.03 Å². The lowest BCUT2D eigenvalue weighted by molar-refractivity contribution is 0.240. The Labute approximate surface area is 179 Å². The SMILES string of the molecule is CCN(S)C(=O)Nc1cnc2ncc(Nc3cc(OC)c(OC)c(OC)c3)nc2c1. The molecule has 2 amide bonds. The van der Waals surface area contributed by atoms with Crippen LogP contribution in [0, 0.1) is 0 Å². The van der Waals surface area contributed by atoms with Crippen LogP contribution in [0.15, 0.2) is 30.6 Å². The molecule has 3 aromatic rings. The molecule has 158 valence electrons. The summed E-state index contributed by atoms with van der Waals surface area (Å²) in [7, 11) is 4.63. The summed E-state index contributed by atoms with van der Waals surface area (Å²) in [4.78, 5) is 25.0. The number of nitrogens with zero attached hydrogens (tertiary/aromatic N) is 4. The zero-order valence-electron chi connectivity index (χ0n) is 17.0. The first kappa shape index (κ1) is 21.2. The van der Waals surface area contributed by atoms with E-state index in [1.165, 1.54) is 10.5 Å². The molecule has 0 aliphatic carbocycles. The number of urea groups is 1. The number of pyridine rings is 1. The Morgan fingerprint density at radius 3 is 2.30 bits per heavy atom. The van der Waals surface area contributed by atoms with Gasteiger partial charge < -0.3 is 24.8 Å². The van der Waals surface area contributed by atoms with Gasteiger partial charge in [-0.15, -0.1) is 0 Å². The molecule has 10 nitrogen and oxygen atoms in total. The molecule has 0 saturated heterocycles. The monoisotopic (exact) mass is 430 g/mol. The first-order valence-corrected chi connectivity index (χ1v) is 9.36. The maximum atomic E-state index is 12.0. The third-order valence-electron chi connectivity index (χ3n) is 4.12. The molecule has 2 aromatic heterocycles. The van der Waals surface area contributed by atoms with Gasteiger partial charge in [0.05, 0.1) is 39.4 Å². The Balaban J connectivity index is 1.89. The zero-order valence-corrected chi connectivity index (χ0v) is 17.9. The Kier molecular flexibility index (Phi) is 6.62. The lowest BCUT2D eigenvalue weighted by Gasteiger charge is -2.15. The third kappa shape index (κ3) is 4.57. The number of benzene rings is 1. The van der Waals surface area contributed by atoms with E-state index in [0.29, 0.717) is 52.1 Å². The third-order valence-corrected chi connectivity index (χ3v) is 4.58. The van der Waals surface area contributed by atoms with Crippen molar-refractivity contribution in [2.75, 3.05) is 38.5 Å². The smallest absolute Gasteiger partial charge is 0.331 e. The molecule has 0 aliphatic heterocycles. The minimum atomic E-state index is -0.360. The molecule has 11 heteroatoms. The van der Waals surface area contributed by atoms with Gasteiger partial charge in [-0.25, -0.2) is 19.7 Å². The van der Waals surface area contributed by atoms with E-state index < -0.39 is 0 Å². The average Bonchev–Trinajstić information content (AvgIpc) is 2.77. The molecule has 0 bridgehead atoms. The molecule has 1 aromatic carbocycles. The van der Waals surface area contributed by atoms with E-state index in [0.717, 1.165) is 0 Å².